The molecule has 0 saturated heterocycles. The Morgan fingerprint density at radius 3 is 2.80 bits per heavy atom. The zero-order chi connectivity index (χ0) is 15.0. The van der Waals surface area contributed by atoms with Crippen LogP contribution in [0.5, 0.6) is 0 Å². The molecule has 0 spiro atoms. The summed E-state index contributed by atoms with van der Waals surface area (Å²) in [5.41, 5.74) is 0. The number of aliphatic hydroxyl groups excluding tert-OH is 1. The minimum atomic E-state index is -0.548. The van der Waals surface area contributed by atoms with Crippen molar-refractivity contribution in [1.29, 1.82) is 0 Å². The number of terminal acetylenes is 1. The Hall–Kier alpha value is -1.28. The summed E-state index contributed by atoms with van der Waals surface area (Å²) in [7, 11) is 0. The molecule has 2 atom stereocenters. The summed E-state index contributed by atoms with van der Waals surface area (Å²) in [6, 6.07) is 4.30. The molecule has 20 heavy (non-hydrogen) atoms. The second-order valence-corrected chi connectivity index (χ2v) is 5.07. The molecule has 1 rings (SSSR count). The number of hydrogen-bond acceptors (Lipinski definition) is 4. The molecule has 0 aliphatic heterocycles. The maximum Gasteiger partial charge on any atom is 0.118 e. The zero-order valence-corrected chi connectivity index (χ0v) is 12.6. The van der Waals surface area contributed by atoms with Gasteiger partial charge in [0, 0.05) is 12.6 Å². The third kappa shape index (κ3) is 5.79. The van der Waals surface area contributed by atoms with Gasteiger partial charge in [0.05, 0.1) is 19.3 Å². The van der Waals surface area contributed by atoms with Crippen molar-refractivity contribution in [3.63, 3.8) is 0 Å². The van der Waals surface area contributed by atoms with Crippen LogP contribution >= 0.6 is 0 Å². The van der Waals surface area contributed by atoms with Crippen molar-refractivity contribution >= 4 is 0 Å². The second kappa shape index (κ2) is 8.80. The van der Waals surface area contributed by atoms with Crippen LogP contribution in [0.25, 0.3) is 0 Å². The summed E-state index contributed by atoms with van der Waals surface area (Å²) in [4.78, 5) is 2.20. The minimum Gasteiger partial charge on any atom is -0.465 e. The molecule has 112 valence electrons. The first-order valence-corrected chi connectivity index (χ1v) is 7.05. The quantitative estimate of drug-likeness (QED) is 0.556. The first-order chi connectivity index (χ1) is 9.56. The highest BCUT2D eigenvalue weighted by molar-refractivity contribution is 5.05. The summed E-state index contributed by atoms with van der Waals surface area (Å²) in [6.45, 7) is 7.93. The van der Waals surface area contributed by atoms with Gasteiger partial charge in [-0.25, -0.2) is 0 Å². The smallest absolute Gasteiger partial charge is 0.118 e. The van der Waals surface area contributed by atoms with Gasteiger partial charge in [-0.05, 0) is 32.4 Å². The van der Waals surface area contributed by atoms with E-state index in [0.29, 0.717) is 19.1 Å². The lowest BCUT2D eigenvalue weighted by molar-refractivity contribution is 0.0153. The highest BCUT2D eigenvalue weighted by Gasteiger charge is 2.18. The number of aryl methyl sites for hydroxylation is 1. The van der Waals surface area contributed by atoms with Crippen molar-refractivity contribution in [3.05, 3.63) is 23.7 Å². The number of furan rings is 1. The van der Waals surface area contributed by atoms with Crippen LogP contribution < -0.4 is 0 Å². The van der Waals surface area contributed by atoms with E-state index >= 15 is 0 Å². The maximum absolute atomic E-state index is 10.0. The molecule has 0 saturated carbocycles. The summed E-state index contributed by atoms with van der Waals surface area (Å²) in [6.07, 6.45) is 5.57. The van der Waals surface area contributed by atoms with Gasteiger partial charge in [0.15, 0.2) is 0 Å². The fraction of sp³-hybridized carbons (Fsp3) is 0.625. The standard InChI is InChI=1S/C16H25NO3/c1-5-9-19-12-15(18)10-17(13(3)6-2)11-16-8-7-14(4)20-16/h1,7-8,13,15,18H,6,9-12H2,2-4H3. The number of rotatable bonds is 9. The molecule has 1 aromatic rings. The van der Waals surface area contributed by atoms with E-state index in [0.717, 1.165) is 17.9 Å². The fourth-order valence-corrected chi connectivity index (χ4v) is 2.01. The van der Waals surface area contributed by atoms with Crippen LogP contribution in [0.1, 0.15) is 31.8 Å². The third-order valence-electron chi connectivity index (χ3n) is 3.31. The molecule has 1 N–H and O–H groups in total. The number of aliphatic hydroxyl groups is 1. The minimum absolute atomic E-state index is 0.234. The average molecular weight is 279 g/mol. The number of nitrogens with zero attached hydrogens (tertiary/aromatic N) is 1. The largest absolute Gasteiger partial charge is 0.465 e. The molecule has 1 heterocycles. The first-order valence-electron chi connectivity index (χ1n) is 7.05. The molecule has 2 unspecified atom stereocenters. The Kier molecular flexibility index (Phi) is 7.38. The van der Waals surface area contributed by atoms with E-state index in [1.54, 1.807) is 0 Å². The van der Waals surface area contributed by atoms with Crippen molar-refractivity contribution < 1.29 is 14.3 Å². The van der Waals surface area contributed by atoms with Crippen molar-refractivity contribution in [1.82, 2.24) is 4.90 Å². The van der Waals surface area contributed by atoms with Crippen molar-refractivity contribution in [3.8, 4) is 12.3 Å². The maximum atomic E-state index is 10.0. The number of ether oxygens (including phenoxy) is 1. The molecule has 4 heteroatoms. The van der Waals surface area contributed by atoms with Crippen LogP contribution in [0.15, 0.2) is 16.5 Å². The summed E-state index contributed by atoms with van der Waals surface area (Å²) in [5, 5.41) is 10.0. The van der Waals surface area contributed by atoms with E-state index in [1.807, 2.05) is 19.1 Å². The number of hydrogen-bond donors (Lipinski definition) is 1. The lowest BCUT2D eigenvalue weighted by Gasteiger charge is -2.29. The van der Waals surface area contributed by atoms with Crippen LogP contribution in [0.3, 0.4) is 0 Å². The third-order valence-corrected chi connectivity index (χ3v) is 3.31. The second-order valence-electron chi connectivity index (χ2n) is 5.07. The van der Waals surface area contributed by atoms with Gasteiger partial charge in [0.2, 0.25) is 0 Å². The Morgan fingerprint density at radius 1 is 1.50 bits per heavy atom. The molecule has 0 aliphatic carbocycles. The van der Waals surface area contributed by atoms with E-state index < -0.39 is 6.10 Å². The van der Waals surface area contributed by atoms with Gasteiger partial charge in [0.25, 0.3) is 0 Å². The van der Waals surface area contributed by atoms with E-state index in [4.69, 9.17) is 15.6 Å². The molecule has 0 radical (unpaired) electrons. The van der Waals surface area contributed by atoms with Gasteiger partial charge in [-0.15, -0.1) is 6.42 Å². The average Bonchev–Trinajstić information content (AvgIpc) is 2.83. The molecule has 4 nitrogen and oxygen atoms in total. The van der Waals surface area contributed by atoms with Gasteiger partial charge in [-0.1, -0.05) is 12.8 Å². The highest BCUT2D eigenvalue weighted by atomic mass is 16.5. The fourth-order valence-electron chi connectivity index (χ4n) is 2.01. The SMILES string of the molecule is C#CCOCC(O)CN(Cc1ccc(C)o1)C(C)CC. The summed E-state index contributed by atoms with van der Waals surface area (Å²) < 4.78 is 10.8. The summed E-state index contributed by atoms with van der Waals surface area (Å²) >= 11 is 0. The molecular formula is C16H25NO3. The van der Waals surface area contributed by atoms with E-state index in [9.17, 15) is 5.11 Å². The highest BCUT2D eigenvalue weighted by Crippen LogP contribution is 2.14. The molecule has 0 bridgehead atoms. The normalized spacial score (nSPS) is 14.2. The zero-order valence-electron chi connectivity index (χ0n) is 12.6. The van der Waals surface area contributed by atoms with Crippen molar-refractivity contribution in [2.45, 2.75) is 45.9 Å². The van der Waals surface area contributed by atoms with Gasteiger partial charge in [-0.3, -0.25) is 4.90 Å². The Bertz CT molecular complexity index is 422. The van der Waals surface area contributed by atoms with Crippen molar-refractivity contribution in [2.75, 3.05) is 19.8 Å². The van der Waals surface area contributed by atoms with Gasteiger partial charge in [0.1, 0.15) is 18.1 Å². The van der Waals surface area contributed by atoms with Crippen LogP contribution in [0, 0.1) is 19.3 Å². The van der Waals surface area contributed by atoms with E-state index in [1.165, 1.54) is 0 Å². The van der Waals surface area contributed by atoms with Crippen LogP contribution in [-0.4, -0.2) is 41.9 Å². The predicted molar refractivity (Wildman–Crippen MR) is 79.3 cm³/mol. The lowest BCUT2D eigenvalue weighted by atomic mass is 10.2. The van der Waals surface area contributed by atoms with Gasteiger partial charge >= 0.3 is 0 Å². The monoisotopic (exact) mass is 279 g/mol. The predicted octanol–water partition coefficient (Wildman–Crippen LogP) is 2.20. The molecule has 0 amide bonds. The van der Waals surface area contributed by atoms with E-state index in [2.05, 4.69) is 24.7 Å². The van der Waals surface area contributed by atoms with Crippen LogP contribution in [0.2, 0.25) is 0 Å². The van der Waals surface area contributed by atoms with Crippen LogP contribution in [0.4, 0.5) is 0 Å². The molecule has 1 aromatic heterocycles. The first kappa shape index (κ1) is 16.8. The van der Waals surface area contributed by atoms with Crippen LogP contribution in [-0.2, 0) is 11.3 Å². The van der Waals surface area contributed by atoms with E-state index in [-0.39, 0.29) is 13.2 Å². The van der Waals surface area contributed by atoms with Gasteiger partial charge in [-0.2, -0.15) is 0 Å². The summed E-state index contributed by atoms with van der Waals surface area (Å²) in [5.74, 6) is 4.21. The molecule has 0 fully saturated rings. The molecular weight excluding hydrogens is 254 g/mol. The van der Waals surface area contributed by atoms with Gasteiger partial charge < -0.3 is 14.3 Å². The Morgan fingerprint density at radius 2 is 2.25 bits per heavy atom. The lowest BCUT2D eigenvalue weighted by Crippen LogP contribution is -2.39. The molecule has 0 aromatic carbocycles. The molecule has 0 aliphatic rings. The topological polar surface area (TPSA) is 45.8 Å². The Balaban J connectivity index is 2.53. The Labute approximate surface area is 121 Å². The van der Waals surface area contributed by atoms with Crippen molar-refractivity contribution in [2.24, 2.45) is 0 Å².